The third kappa shape index (κ3) is 4.08. The van der Waals surface area contributed by atoms with Crippen molar-refractivity contribution in [1.29, 1.82) is 0 Å². The fourth-order valence-electron chi connectivity index (χ4n) is 3.02. The molecule has 8 nitrogen and oxygen atoms in total. The minimum absolute atomic E-state index is 0.0561. The van der Waals surface area contributed by atoms with E-state index in [9.17, 15) is 4.79 Å². The first-order valence-electron chi connectivity index (χ1n) is 8.28. The van der Waals surface area contributed by atoms with Gasteiger partial charge in [0.2, 0.25) is 5.91 Å². The fourth-order valence-corrected chi connectivity index (χ4v) is 3.02. The second-order valence-electron chi connectivity index (χ2n) is 6.26. The van der Waals surface area contributed by atoms with Gasteiger partial charge in [0, 0.05) is 44.5 Å². The molecule has 0 unspecified atom stereocenters. The number of hydrogen-bond acceptors (Lipinski definition) is 4. The molecule has 24 heavy (non-hydrogen) atoms. The van der Waals surface area contributed by atoms with Crippen LogP contribution in [-0.4, -0.2) is 48.7 Å². The maximum absolute atomic E-state index is 12.4. The Hall–Kier alpha value is -2.48. The maximum atomic E-state index is 12.4. The summed E-state index contributed by atoms with van der Waals surface area (Å²) in [5.41, 5.74) is 5.65. The summed E-state index contributed by atoms with van der Waals surface area (Å²) in [6.07, 6.45) is 11.1. The Bertz CT molecular complexity index is 718. The van der Waals surface area contributed by atoms with Crippen LogP contribution >= 0.6 is 0 Å². The molecule has 1 aliphatic heterocycles. The number of nitrogens with zero attached hydrogens (tertiary/aromatic N) is 6. The van der Waals surface area contributed by atoms with Gasteiger partial charge in [0.15, 0.2) is 0 Å². The molecule has 8 heteroatoms. The summed E-state index contributed by atoms with van der Waals surface area (Å²) in [6.45, 7) is 3.02. The highest BCUT2D eigenvalue weighted by Crippen LogP contribution is 2.18. The molecule has 3 heterocycles. The average molecular weight is 330 g/mol. The van der Waals surface area contributed by atoms with Crippen LogP contribution in [0.4, 0.5) is 0 Å². The highest BCUT2D eigenvalue weighted by molar-refractivity contribution is 5.91. The van der Waals surface area contributed by atoms with E-state index in [-0.39, 0.29) is 5.91 Å². The van der Waals surface area contributed by atoms with Gasteiger partial charge in [0.05, 0.1) is 12.4 Å². The van der Waals surface area contributed by atoms with Gasteiger partial charge in [-0.2, -0.15) is 5.10 Å². The number of rotatable bonds is 5. The molecular weight excluding hydrogens is 306 g/mol. The summed E-state index contributed by atoms with van der Waals surface area (Å²) >= 11 is 0. The second kappa shape index (κ2) is 7.39. The van der Waals surface area contributed by atoms with Crippen LogP contribution in [0.1, 0.15) is 24.1 Å². The molecule has 0 spiro atoms. The van der Waals surface area contributed by atoms with E-state index in [2.05, 4.69) is 21.1 Å². The van der Waals surface area contributed by atoms with Gasteiger partial charge in [-0.15, -0.1) is 5.10 Å². The third-order valence-electron chi connectivity index (χ3n) is 4.26. The van der Waals surface area contributed by atoms with Crippen LogP contribution in [0.5, 0.6) is 0 Å². The lowest BCUT2D eigenvalue weighted by molar-refractivity contribution is -0.387. The molecule has 3 rings (SSSR count). The van der Waals surface area contributed by atoms with Crippen molar-refractivity contribution >= 4 is 12.0 Å². The zero-order valence-corrected chi connectivity index (χ0v) is 14.0. The van der Waals surface area contributed by atoms with Crippen LogP contribution in [-0.2, 0) is 24.9 Å². The zero-order chi connectivity index (χ0) is 16.9. The van der Waals surface area contributed by atoms with Gasteiger partial charge < -0.3 is 10.6 Å². The Morgan fingerprint density at radius 2 is 2.33 bits per heavy atom. The van der Waals surface area contributed by atoms with Gasteiger partial charge in [0.1, 0.15) is 12.2 Å². The highest BCUT2D eigenvalue weighted by atomic mass is 16.2. The summed E-state index contributed by atoms with van der Waals surface area (Å²) in [4.78, 5) is 14.3. The largest absolute Gasteiger partial charge is 0.352 e. The topological polar surface area (TPSA) is 96.5 Å². The Labute approximate surface area is 140 Å². The van der Waals surface area contributed by atoms with Gasteiger partial charge in [0.25, 0.3) is 0 Å². The quantitative estimate of drug-likeness (QED) is 0.762. The lowest BCUT2D eigenvalue weighted by Gasteiger charge is -2.32. The Morgan fingerprint density at radius 1 is 1.46 bits per heavy atom. The Morgan fingerprint density at radius 3 is 3.04 bits per heavy atom. The molecule has 3 N–H and O–H groups in total. The summed E-state index contributed by atoms with van der Waals surface area (Å²) < 4.78 is 3.59. The summed E-state index contributed by atoms with van der Waals surface area (Å²) in [5.74, 6) is 0.467. The summed E-state index contributed by atoms with van der Waals surface area (Å²) in [5, 5.41) is 12.3. The number of likely N-dealkylation sites (tertiary alicyclic amines) is 1. The van der Waals surface area contributed by atoms with Crippen LogP contribution in [0.2, 0.25) is 0 Å². The lowest BCUT2D eigenvalue weighted by Crippen LogP contribution is -2.47. The van der Waals surface area contributed by atoms with Crippen molar-refractivity contribution < 1.29 is 10.5 Å². The van der Waals surface area contributed by atoms with E-state index in [0.29, 0.717) is 12.5 Å². The fraction of sp³-hybridized carbons (Fsp3) is 0.500. The molecule has 1 fully saturated rings. The first kappa shape index (κ1) is 16.4. The van der Waals surface area contributed by atoms with Crippen molar-refractivity contribution in [3.63, 3.8) is 0 Å². The molecular formula is C16H24N7O+. The number of carbonyl (C=O) groups is 1. The molecule has 0 aliphatic carbocycles. The number of aromatic nitrogens is 5. The average Bonchev–Trinajstić information content (AvgIpc) is 3.21. The van der Waals surface area contributed by atoms with E-state index in [1.165, 1.54) is 0 Å². The molecule has 128 valence electrons. The van der Waals surface area contributed by atoms with E-state index < -0.39 is 0 Å². The van der Waals surface area contributed by atoms with E-state index in [1.54, 1.807) is 17.0 Å². The summed E-state index contributed by atoms with van der Waals surface area (Å²) in [6, 6.07) is 0. The van der Waals surface area contributed by atoms with E-state index >= 15 is 0 Å². The molecule has 2 aromatic heterocycles. The predicted molar refractivity (Wildman–Crippen MR) is 88.2 cm³/mol. The Balaban J connectivity index is 1.56. The molecule has 1 aliphatic rings. The molecule has 0 saturated carbocycles. The van der Waals surface area contributed by atoms with Gasteiger partial charge in [-0.1, -0.05) is 5.21 Å². The van der Waals surface area contributed by atoms with Crippen molar-refractivity contribution in [2.75, 3.05) is 13.1 Å². The minimum atomic E-state index is 0.0561. The minimum Gasteiger partial charge on any atom is -0.352 e. The first-order valence-corrected chi connectivity index (χ1v) is 8.28. The highest BCUT2D eigenvalue weighted by Gasteiger charge is 2.23. The second-order valence-corrected chi connectivity index (χ2v) is 6.26. The molecule has 1 atom stereocenters. The standard InChI is InChI=1S/C16H23N7O/c1-21-9-13(8-18-21)4-5-16(24)22-6-2-3-14(10-22)11-23-12-15(7-17)19-20-23/h4-5,8-9,12,14H,2-3,6-7,10-11,17H2,1H3/p+1/b5-4+/t14-/m1/s1. The summed E-state index contributed by atoms with van der Waals surface area (Å²) in [7, 11) is 1.86. The number of hydrogen-bond donors (Lipinski definition) is 1. The van der Waals surface area contributed by atoms with Crippen molar-refractivity contribution in [2.45, 2.75) is 25.9 Å². The monoisotopic (exact) mass is 330 g/mol. The predicted octanol–water partition coefficient (Wildman–Crippen LogP) is -0.294. The van der Waals surface area contributed by atoms with Gasteiger partial charge in [-0.05, 0) is 24.8 Å². The van der Waals surface area contributed by atoms with Gasteiger partial charge in [-0.3, -0.25) is 14.2 Å². The van der Waals surface area contributed by atoms with Crippen LogP contribution in [0.15, 0.2) is 24.7 Å². The number of quaternary nitrogens is 1. The Kier molecular flexibility index (Phi) is 5.05. The third-order valence-corrected chi connectivity index (χ3v) is 4.26. The molecule has 1 saturated heterocycles. The molecule has 0 aromatic carbocycles. The van der Waals surface area contributed by atoms with Crippen LogP contribution in [0, 0.1) is 5.92 Å². The SMILES string of the molecule is Cn1cc(/C=C/C(=O)N2CCC[C@@H](Cn3cc(C[NH3+])nn3)C2)cn1. The number of carbonyl (C=O) groups excluding carboxylic acids is 1. The number of amides is 1. The molecule has 0 radical (unpaired) electrons. The van der Waals surface area contributed by atoms with Gasteiger partial charge in [-0.25, -0.2) is 0 Å². The van der Waals surface area contributed by atoms with Crippen molar-refractivity contribution in [1.82, 2.24) is 29.7 Å². The molecule has 2 aromatic rings. The van der Waals surface area contributed by atoms with Gasteiger partial charge >= 0.3 is 0 Å². The normalized spacial score (nSPS) is 18.4. The maximum Gasteiger partial charge on any atom is 0.246 e. The lowest BCUT2D eigenvalue weighted by atomic mass is 9.98. The van der Waals surface area contributed by atoms with Crippen molar-refractivity contribution in [2.24, 2.45) is 13.0 Å². The zero-order valence-electron chi connectivity index (χ0n) is 14.0. The molecule has 1 amide bonds. The van der Waals surface area contributed by atoms with E-state index in [1.807, 2.05) is 35.1 Å². The smallest absolute Gasteiger partial charge is 0.246 e. The van der Waals surface area contributed by atoms with Crippen LogP contribution in [0.3, 0.4) is 0 Å². The van der Waals surface area contributed by atoms with Crippen molar-refractivity contribution in [3.8, 4) is 0 Å². The van der Waals surface area contributed by atoms with E-state index in [0.717, 1.165) is 43.7 Å². The van der Waals surface area contributed by atoms with Crippen molar-refractivity contribution in [3.05, 3.63) is 35.9 Å². The van der Waals surface area contributed by atoms with Crippen LogP contribution < -0.4 is 5.73 Å². The number of piperidine rings is 1. The van der Waals surface area contributed by atoms with E-state index in [4.69, 9.17) is 0 Å². The first-order chi connectivity index (χ1) is 11.6. The molecule has 0 bridgehead atoms. The van der Waals surface area contributed by atoms with Crippen LogP contribution in [0.25, 0.3) is 6.08 Å². The number of aryl methyl sites for hydroxylation is 1.